The fourth-order valence-corrected chi connectivity index (χ4v) is 2.79. The first-order chi connectivity index (χ1) is 11.5. The van der Waals surface area contributed by atoms with Crippen molar-refractivity contribution in [2.24, 2.45) is 0 Å². The Bertz CT molecular complexity index is 899. The second kappa shape index (κ2) is 6.60. The van der Waals surface area contributed by atoms with Gasteiger partial charge in [0.1, 0.15) is 22.4 Å². The van der Waals surface area contributed by atoms with E-state index >= 15 is 0 Å². The molecule has 3 aromatic rings. The molecule has 24 heavy (non-hydrogen) atoms. The van der Waals surface area contributed by atoms with Gasteiger partial charge in [-0.05, 0) is 18.9 Å². The number of hydrogen-bond donors (Lipinski definition) is 2. The lowest BCUT2D eigenvalue weighted by Crippen LogP contribution is -2.06. The molecule has 2 N–H and O–H groups in total. The van der Waals surface area contributed by atoms with Gasteiger partial charge >= 0.3 is 5.97 Å². The summed E-state index contributed by atoms with van der Waals surface area (Å²) >= 11 is 6.26. The summed E-state index contributed by atoms with van der Waals surface area (Å²) in [4.78, 5) is 22.9. The topological polar surface area (TPSA) is 96.2 Å². The first-order valence-corrected chi connectivity index (χ1v) is 8.29. The van der Waals surface area contributed by atoms with Crippen molar-refractivity contribution in [3.05, 3.63) is 34.5 Å². The molecule has 0 aromatic carbocycles. The van der Waals surface area contributed by atoms with Crippen LogP contribution in [0.1, 0.15) is 48.7 Å². The molecular formula is C16H18ClN5O2. The highest BCUT2D eigenvalue weighted by Gasteiger charge is 2.17. The van der Waals surface area contributed by atoms with Gasteiger partial charge in [0.05, 0.1) is 0 Å². The smallest absolute Gasteiger partial charge is 0.354 e. The van der Waals surface area contributed by atoms with Gasteiger partial charge in [-0.2, -0.15) is 5.10 Å². The highest BCUT2D eigenvalue weighted by Crippen LogP contribution is 2.26. The summed E-state index contributed by atoms with van der Waals surface area (Å²) in [6.45, 7) is 4.05. The standard InChI is InChI=1S/C16H18ClN5O2/c1-3-5-6-12-19-14(15(17)20-12)10-8-13-18-11(16(23)24)7-9(4-2)22(13)21-10/h7-8H,3-6H2,1-2H3,(H,19,20)(H,23,24). The fraction of sp³-hybridized carbons (Fsp3) is 0.375. The van der Waals surface area contributed by atoms with Crippen molar-refractivity contribution >= 4 is 23.2 Å². The zero-order valence-electron chi connectivity index (χ0n) is 13.5. The van der Waals surface area contributed by atoms with E-state index in [0.29, 0.717) is 28.6 Å². The van der Waals surface area contributed by atoms with Crippen molar-refractivity contribution < 1.29 is 9.90 Å². The number of unbranched alkanes of at least 4 members (excludes halogenated alkanes) is 1. The zero-order valence-corrected chi connectivity index (χ0v) is 14.3. The SMILES string of the molecule is CCCCc1nc(-c2cc3nc(C(=O)O)cc(CC)n3n2)c(Cl)[nH]1. The number of carboxylic acids is 1. The van der Waals surface area contributed by atoms with E-state index in [2.05, 4.69) is 27.0 Å². The van der Waals surface area contributed by atoms with E-state index in [4.69, 9.17) is 11.6 Å². The maximum Gasteiger partial charge on any atom is 0.354 e. The number of carboxylic acid groups (broad SMARTS) is 1. The van der Waals surface area contributed by atoms with Crippen molar-refractivity contribution in [3.63, 3.8) is 0 Å². The summed E-state index contributed by atoms with van der Waals surface area (Å²) in [7, 11) is 0. The molecule has 3 aromatic heterocycles. The normalized spacial score (nSPS) is 11.3. The number of aromatic nitrogens is 5. The molecule has 126 valence electrons. The molecule has 3 rings (SSSR count). The predicted molar refractivity (Wildman–Crippen MR) is 90.5 cm³/mol. The van der Waals surface area contributed by atoms with E-state index in [1.807, 2.05) is 6.92 Å². The van der Waals surface area contributed by atoms with Crippen molar-refractivity contribution in [1.82, 2.24) is 24.6 Å². The fourth-order valence-electron chi connectivity index (χ4n) is 2.54. The van der Waals surface area contributed by atoms with Crippen molar-refractivity contribution in [1.29, 1.82) is 0 Å². The Morgan fingerprint density at radius 1 is 1.33 bits per heavy atom. The highest BCUT2D eigenvalue weighted by molar-refractivity contribution is 6.31. The van der Waals surface area contributed by atoms with E-state index in [-0.39, 0.29) is 5.69 Å². The molecule has 0 saturated carbocycles. The minimum Gasteiger partial charge on any atom is -0.477 e. The molecule has 0 aliphatic rings. The zero-order chi connectivity index (χ0) is 17.3. The molecule has 0 bridgehead atoms. The number of aryl methyl sites for hydroxylation is 2. The van der Waals surface area contributed by atoms with E-state index in [1.165, 1.54) is 6.07 Å². The molecule has 0 saturated heterocycles. The number of fused-ring (bicyclic) bond motifs is 1. The number of hydrogen-bond acceptors (Lipinski definition) is 4. The number of carbonyl (C=O) groups is 1. The molecule has 7 nitrogen and oxygen atoms in total. The van der Waals surface area contributed by atoms with Gasteiger partial charge in [0.2, 0.25) is 0 Å². The summed E-state index contributed by atoms with van der Waals surface area (Å²) in [5, 5.41) is 14.1. The van der Waals surface area contributed by atoms with Crippen molar-refractivity contribution in [2.75, 3.05) is 0 Å². The number of nitrogens with one attached hydrogen (secondary N) is 1. The quantitative estimate of drug-likeness (QED) is 0.712. The van der Waals surface area contributed by atoms with Crippen LogP contribution in [0.4, 0.5) is 0 Å². The van der Waals surface area contributed by atoms with Gasteiger partial charge in [-0.25, -0.2) is 19.3 Å². The molecular weight excluding hydrogens is 330 g/mol. The molecule has 0 aliphatic carbocycles. The molecule has 3 heterocycles. The lowest BCUT2D eigenvalue weighted by Gasteiger charge is -2.02. The average molecular weight is 348 g/mol. The Balaban J connectivity index is 2.08. The van der Waals surface area contributed by atoms with Crippen LogP contribution in [-0.2, 0) is 12.8 Å². The van der Waals surface area contributed by atoms with Gasteiger partial charge in [0.15, 0.2) is 11.3 Å². The van der Waals surface area contributed by atoms with Crippen LogP contribution in [0, 0.1) is 0 Å². The predicted octanol–water partition coefficient (Wildman–Crippen LogP) is 3.38. The average Bonchev–Trinajstić information content (AvgIpc) is 3.14. The third-order valence-electron chi connectivity index (χ3n) is 3.80. The first-order valence-electron chi connectivity index (χ1n) is 7.91. The third-order valence-corrected chi connectivity index (χ3v) is 4.07. The molecule has 0 spiro atoms. The summed E-state index contributed by atoms with van der Waals surface area (Å²) in [6.07, 6.45) is 3.56. The number of aromatic amines is 1. The number of aromatic carboxylic acids is 1. The minimum atomic E-state index is -1.06. The van der Waals surface area contributed by atoms with Gasteiger partial charge in [-0.1, -0.05) is 31.9 Å². The van der Waals surface area contributed by atoms with E-state index in [9.17, 15) is 9.90 Å². The molecule has 0 amide bonds. The maximum absolute atomic E-state index is 11.2. The van der Waals surface area contributed by atoms with Crippen LogP contribution in [-0.4, -0.2) is 35.6 Å². The molecule has 0 radical (unpaired) electrons. The number of imidazole rings is 1. The second-order valence-corrected chi connectivity index (χ2v) is 5.92. The van der Waals surface area contributed by atoms with Crippen LogP contribution < -0.4 is 0 Å². The van der Waals surface area contributed by atoms with Gasteiger partial charge in [0, 0.05) is 18.2 Å². The second-order valence-electron chi connectivity index (χ2n) is 5.54. The van der Waals surface area contributed by atoms with Crippen molar-refractivity contribution in [2.45, 2.75) is 39.5 Å². The Labute approximate surface area is 143 Å². The molecule has 8 heteroatoms. The maximum atomic E-state index is 11.2. The van der Waals surface area contributed by atoms with E-state index in [1.54, 1.807) is 10.6 Å². The summed E-state index contributed by atoms with van der Waals surface area (Å²) < 4.78 is 1.64. The lowest BCUT2D eigenvalue weighted by molar-refractivity contribution is 0.0690. The molecule has 0 fully saturated rings. The lowest BCUT2D eigenvalue weighted by atomic mass is 10.2. The molecule has 0 unspecified atom stereocenters. The first kappa shape index (κ1) is 16.4. The van der Waals surface area contributed by atoms with Crippen LogP contribution in [0.25, 0.3) is 17.0 Å². The van der Waals surface area contributed by atoms with Crippen LogP contribution >= 0.6 is 11.6 Å². The van der Waals surface area contributed by atoms with E-state index in [0.717, 1.165) is 30.8 Å². The Kier molecular flexibility index (Phi) is 4.53. The van der Waals surface area contributed by atoms with Crippen LogP contribution in [0.3, 0.4) is 0 Å². The number of nitrogens with zero attached hydrogens (tertiary/aromatic N) is 4. The largest absolute Gasteiger partial charge is 0.477 e. The van der Waals surface area contributed by atoms with Gasteiger partial charge in [0.25, 0.3) is 0 Å². The van der Waals surface area contributed by atoms with E-state index < -0.39 is 5.97 Å². The van der Waals surface area contributed by atoms with Crippen LogP contribution in [0.5, 0.6) is 0 Å². The summed E-state index contributed by atoms with van der Waals surface area (Å²) in [5.74, 6) is -0.238. The third kappa shape index (κ3) is 2.99. The minimum absolute atomic E-state index is 0.00237. The summed E-state index contributed by atoms with van der Waals surface area (Å²) in [5.41, 5.74) is 2.37. The summed E-state index contributed by atoms with van der Waals surface area (Å²) in [6, 6.07) is 3.24. The molecule has 0 aliphatic heterocycles. The van der Waals surface area contributed by atoms with Crippen LogP contribution in [0.2, 0.25) is 5.15 Å². The van der Waals surface area contributed by atoms with Crippen molar-refractivity contribution in [3.8, 4) is 11.4 Å². The highest BCUT2D eigenvalue weighted by atomic mass is 35.5. The number of H-pyrrole nitrogens is 1. The Hall–Kier alpha value is -2.41. The van der Waals surface area contributed by atoms with Crippen LogP contribution in [0.15, 0.2) is 12.1 Å². The Morgan fingerprint density at radius 3 is 2.79 bits per heavy atom. The van der Waals surface area contributed by atoms with Gasteiger partial charge < -0.3 is 10.1 Å². The Morgan fingerprint density at radius 2 is 2.12 bits per heavy atom. The van der Waals surface area contributed by atoms with Gasteiger partial charge in [-0.15, -0.1) is 0 Å². The number of rotatable bonds is 6. The molecule has 0 atom stereocenters. The monoisotopic (exact) mass is 347 g/mol. The van der Waals surface area contributed by atoms with Gasteiger partial charge in [-0.3, -0.25) is 0 Å². The number of halogens is 1.